The molecule has 3 nitrogen and oxygen atoms in total. The van der Waals surface area contributed by atoms with Crippen LogP contribution in [0.15, 0.2) is 54.2 Å². The Morgan fingerprint density at radius 1 is 1.00 bits per heavy atom. The highest BCUT2D eigenvalue weighted by molar-refractivity contribution is 5.89. The van der Waals surface area contributed by atoms with Crippen LogP contribution in [-0.4, -0.2) is 6.03 Å². The summed E-state index contributed by atoms with van der Waals surface area (Å²) < 4.78 is 13.2. The molecule has 0 saturated heterocycles. The standard InChI is InChI=1S/C18H15FN2O/c19-13-8-5-12(6-9-13)17-16-14-4-2-1-3-11(14)7-10-15(16)20-18(22)21-17/h1-6,8-9,17H,7,10H2,(H2,20,21,22). The van der Waals surface area contributed by atoms with Gasteiger partial charge in [-0.1, -0.05) is 36.4 Å². The third-order valence-electron chi connectivity index (χ3n) is 4.31. The van der Waals surface area contributed by atoms with Gasteiger partial charge in [0, 0.05) is 11.3 Å². The molecule has 2 N–H and O–H groups in total. The number of benzene rings is 2. The number of allylic oxidation sites excluding steroid dienone is 1. The first-order chi connectivity index (χ1) is 10.7. The lowest BCUT2D eigenvalue weighted by atomic mass is 9.82. The van der Waals surface area contributed by atoms with Crippen molar-refractivity contribution in [2.24, 2.45) is 0 Å². The van der Waals surface area contributed by atoms with Crippen LogP contribution < -0.4 is 10.6 Å². The Morgan fingerprint density at radius 2 is 1.77 bits per heavy atom. The van der Waals surface area contributed by atoms with Crippen molar-refractivity contribution in [3.63, 3.8) is 0 Å². The van der Waals surface area contributed by atoms with Crippen molar-refractivity contribution in [3.8, 4) is 0 Å². The van der Waals surface area contributed by atoms with E-state index in [0.717, 1.165) is 35.2 Å². The minimum Gasteiger partial charge on any atom is -0.327 e. The van der Waals surface area contributed by atoms with Gasteiger partial charge >= 0.3 is 6.03 Å². The van der Waals surface area contributed by atoms with E-state index in [1.807, 2.05) is 12.1 Å². The number of carbonyl (C=O) groups excluding carboxylic acids is 1. The highest BCUT2D eigenvalue weighted by atomic mass is 19.1. The van der Waals surface area contributed by atoms with Crippen LogP contribution in [0.2, 0.25) is 0 Å². The number of amides is 2. The van der Waals surface area contributed by atoms with E-state index in [0.29, 0.717) is 0 Å². The second-order valence-electron chi connectivity index (χ2n) is 5.63. The van der Waals surface area contributed by atoms with Gasteiger partial charge in [0.15, 0.2) is 0 Å². The smallest absolute Gasteiger partial charge is 0.319 e. The summed E-state index contributed by atoms with van der Waals surface area (Å²) in [4.78, 5) is 12.0. The summed E-state index contributed by atoms with van der Waals surface area (Å²) in [7, 11) is 0. The number of urea groups is 1. The molecule has 4 heteroatoms. The van der Waals surface area contributed by atoms with Crippen molar-refractivity contribution < 1.29 is 9.18 Å². The molecular weight excluding hydrogens is 279 g/mol. The molecular formula is C18H15FN2O. The van der Waals surface area contributed by atoms with Gasteiger partial charge < -0.3 is 10.6 Å². The second-order valence-corrected chi connectivity index (χ2v) is 5.63. The third-order valence-corrected chi connectivity index (χ3v) is 4.31. The number of hydrogen-bond donors (Lipinski definition) is 2. The first-order valence-corrected chi connectivity index (χ1v) is 7.36. The van der Waals surface area contributed by atoms with E-state index in [2.05, 4.69) is 22.8 Å². The Balaban J connectivity index is 1.87. The molecule has 2 aromatic rings. The zero-order chi connectivity index (χ0) is 15.1. The topological polar surface area (TPSA) is 41.1 Å². The Kier molecular flexibility index (Phi) is 2.96. The Labute approximate surface area is 127 Å². The zero-order valence-corrected chi connectivity index (χ0v) is 11.9. The molecule has 1 atom stereocenters. The Morgan fingerprint density at radius 3 is 2.59 bits per heavy atom. The lowest BCUT2D eigenvalue weighted by Gasteiger charge is -2.34. The number of fused-ring (bicyclic) bond motifs is 2. The van der Waals surface area contributed by atoms with Crippen molar-refractivity contribution in [1.29, 1.82) is 0 Å². The second kappa shape index (κ2) is 4.98. The van der Waals surface area contributed by atoms with Crippen molar-refractivity contribution in [2.75, 3.05) is 0 Å². The normalized spacial score (nSPS) is 19.9. The van der Waals surface area contributed by atoms with Gasteiger partial charge in [0.05, 0.1) is 6.04 Å². The molecule has 2 aliphatic rings. The molecule has 1 unspecified atom stereocenters. The SMILES string of the molecule is O=C1NC2=C(c3ccccc3CC2)C(c2ccc(F)cc2)N1. The summed E-state index contributed by atoms with van der Waals surface area (Å²) in [5, 5.41) is 5.89. The minimum absolute atomic E-state index is 0.201. The van der Waals surface area contributed by atoms with Gasteiger partial charge in [0.1, 0.15) is 5.82 Å². The third kappa shape index (κ3) is 2.08. The summed E-state index contributed by atoms with van der Waals surface area (Å²) >= 11 is 0. The van der Waals surface area contributed by atoms with E-state index in [-0.39, 0.29) is 17.9 Å². The molecule has 1 aliphatic carbocycles. The lowest BCUT2D eigenvalue weighted by Crippen LogP contribution is -2.44. The molecule has 1 heterocycles. The van der Waals surface area contributed by atoms with Crippen molar-refractivity contribution in [3.05, 3.63) is 76.7 Å². The number of halogens is 1. The first kappa shape index (κ1) is 13.1. The highest BCUT2D eigenvalue weighted by Gasteiger charge is 2.32. The van der Waals surface area contributed by atoms with E-state index in [1.165, 1.54) is 17.7 Å². The molecule has 2 aromatic carbocycles. The fourth-order valence-corrected chi connectivity index (χ4v) is 3.30. The summed E-state index contributed by atoms with van der Waals surface area (Å²) in [6.45, 7) is 0. The Bertz CT molecular complexity index is 780. The molecule has 0 radical (unpaired) electrons. The van der Waals surface area contributed by atoms with Gasteiger partial charge in [0.25, 0.3) is 0 Å². The summed E-state index contributed by atoms with van der Waals surface area (Å²) in [6, 6.07) is 14.1. The summed E-state index contributed by atoms with van der Waals surface area (Å²) in [5.41, 5.74) is 5.39. The van der Waals surface area contributed by atoms with Crippen molar-refractivity contribution >= 4 is 11.6 Å². The number of aryl methyl sites for hydroxylation is 1. The largest absolute Gasteiger partial charge is 0.327 e. The first-order valence-electron chi connectivity index (χ1n) is 7.36. The summed E-state index contributed by atoms with van der Waals surface area (Å²) in [5.74, 6) is -0.276. The van der Waals surface area contributed by atoms with Gasteiger partial charge in [0.2, 0.25) is 0 Å². The van der Waals surface area contributed by atoms with E-state index >= 15 is 0 Å². The molecule has 0 saturated carbocycles. The molecule has 22 heavy (non-hydrogen) atoms. The van der Waals surface area contributed by atoms with Crippen molar-refractivity contribution in [2.45, 2.75) is 18.9 Å². The summed E-state index contributed by atoms with van der Waals surface area (Å²) in [6.07, 6.45) is 1.74. The molecule has 1 aliphatic heterocycles. The van der Waals surface area contributed by atoms with Crippen LogP contribution in [0, 0.1) is 5.82 Å². The van der Waals surface area contributed by atoms with Crippen LogP contribution in [0.5, 0.6) is 0 Å². The lowest BCUT2D eigenvalue weighted by molar-refractivity contribution is 0.239. The van der Waals surface area contributed by atoms with Gasteiger partial charge in [-0.3, -0.25) is 0 Å². The molecule has 110 valence electrons. The predicted molar refractivity (Wildman–Crippen MR) is 82.5 cm³/mol. The average molecular weight is 294 g/mol. The van der Waals surface area contributed by atoms with Gasteiger partial charge in [-0.25, -0.2) is 9.18 Å². The fraction of sp³-hybridized carbons (Fsp3) is 0.167. The molecule has 0 aromatic heterocycles. The van der Waals surface area contributed by atoms with Crippen LogP contribution in [0.3, 0.4) is 0 Å². The van der Waals surface area contributed by atoms with Crippen molar-refractivity contribution in [1.82, 2.24) is 10.6 Å². The maximum Gasteiger partial charge on any atom is 0.319 e. The predicted octanol–water partition coefficient (Wildman–Crippen LogP) is 3.54. The maximum absolute atomic E-state index is 13.2. The van der Waals surface area contributed by atoms with E-state index in [1.54, 1.807) is 12.1 Å². The van der Waals surface area contributed by atoms with E-state index < -0.39 is 0 Å². The van der Waals surface area contributed by atoms with E-state index in [4.69, 9.17) is 0 Å². The monoisotopic (exact) mass is 294 g/mol. The van der Waals surface area contributed by atoms with Crippen LogP contribution in [0.1, 0.15) is 29.2 Å². The minimum atomic E-state index is -0.276. The number of carbonyl (C=O) groups is 1. The number of nitrogens with one attached hydrogen (secondary N) is 2. The zero-order valence-electron chi connectivity index (χ0n) is 11.9. The van der Waals surface area contributed by atoms with Crippen LogP contribution in [-0.2, 0) is 6.42 Å². The van der Waals surface area contributed by atoms with Crippen LogP contribution in [0.25, 0.3) is 5.57 Å². The van der Waals surface area contributed by atoms with Gasteiger partial charge in [-0.15, -0.1) is 0 Å². The molecule has 2 amide bonds. The average Bonchev–Trinajstić information content (AvgIpc) is 2.54. The van der Waals surface area contributed by atoms with Crippen LogP contribution >= 0.6 is 0 Å². The van der Waals surface area contributed by atoms with Gasteiger partial charge in [-0.05, 0) is 41.7 Å². The molecule has 0 bridgehead atoms. The number of hydrogen-bond acceptors (Lipinski definition) is 1. The van der Waals surface area contributed by atoms with Crippen LogP contribution in [0.4, 0.5) is 9.18 Å². The fourth-order valence-electron chi connectivity index (χ4n) is 3.30. The highest BCUT2D eigenvalue weighted by Crippen LogP contribution is 2.40. The van der Waals surface area contributed by atoms with Gasteiger partial charge in [-0.2, -0.15) is 0 Å². The number of rotatable bonds is 1. The quantitative estimate of drug-likeness (QED) is 0.830. The molecule has 0 fully saturated rings. The molecule has 4 rings (SSSR count). The Hall–Kier alpha value is -2.62. The molecule has 0 spiro atoms. The van der Waals surface area contributed by atoms with E-state index in [9.17, 15) is 9.18 Å². The maximum atomic E-state index is 13.2.